The number of likely N-dealkylation sites (N-methyl/N-ethyl adjacent to an activating group) is 3. The molecular formula is C87H118N22O21S. The molecule has 0 unspecified atom stereocenters. The minimum atomic E-state index is -1.92. The molecule has 9 heterocycles. The number of phenols is 1. The highest BCUT2D eigenvalue weighted by molar-refractivity contribution is 8.00. The van der Waals surface area contributed by atoms with Crippen LogP contribution in [0, 0.1) is 0 Å². The number of hydrogen-bond donors (Lipinski definition) is 16. The second-order valence-corrected chi connectivity index (χ2v) is 34.4. The van der Waals surface area contributed by atoms with Crippen LogP contribution >= 0.6 is 11.8 Å². The SMILES string of the molecule is CCCC[C@H]1C(=O)N[C@@H](C)C(=O)N[C@H](C(=O)NCC(N)=O)CSCC(=O)N[C@@H](Cc2ccc(O)cc2)C(=O)N(C)[C@@H](C)C(=O)N[C@@H](CC(N)=O)C(=O)N2CCC[C@H]2C(=O)N[C@@H](Cc2cnc[nH]2)C(=O)N[C@@H](CCC)C(=O)N2C[C@H](O)C[C@H]2C(=O)N[C@H]2Cc3cn(c4ccccc34)N(C(=O)[C@H](CO)NC2=O)[C@@H](Cc2c[nH]c3cnc(OC)cc23)C(=O)N(C)[C@@H](CCCC)C(=O)N1C. The number of H-pyrrole nitrogens is 2. The van der Waals surface area contributed by atoms with Gasteiger partial charge in [-0.15, -0.1) is 11.8 Å². The normalized spacial score (nSPS) is 25.5. The minimum Gasteiger partial charge on any atom is -0.508 e. The highest BCUT2D eigenvalue weighted by Gasteiger charge is 2.48. The molecule has 5 aliphatic heterocycles. The van der Waals surface area contributed by atoms with E-state index in [1.165, 1.54) is 101 Å². The standard InChI is InChI=1S/C87H118N22O21S/c1-10-13-20-65-79(121)95-46(4)74(116)102-63(76(118)93-39-71(89)114)43-131-44-72(115)96-59(29-48-24-26-52(111)27-25-48)82(124)103(6)47(5)75(117)100-60(35-70(88)113)84(126)106-28-17-23-66(106)80(122)99-58(32-51-37-90-45-94-51)78(120)97-56(18-12-3)83(125)107-41-53(112)33-68(107)81(123)98-57-30-50-40-108(64-22-16-15-19-54(50)64)109(85(127)62(42-110)101-77(57)119)69(31-49-36-91-61-38-92-73(130-9)34-55(49)61)87(129)105(8)67(21-14-11-2)86(128)104(65)7/h15-16,19,22,24-27,34,36-38,40,45-47,53,56-60,62-63,65-69,91,110-112H,10-14,17-18,20-21,23,28-33,35,39,41-44H2,1-9H3,(H2,88,113)(H2,89,114)(H,90,94)(H,93,118)(H,95,121)(H,96,115)(H,97,120)(H,98,123)(H,99,122)(H,100,117)(H,101,119)(H,102,116)/t46-,47-,53+,56-,57-,58-,59-,60-,62-,63-,65-,66-,67-,68-,69-/m0/s1. The molecule has 44 heteroatoms. The Kier molecular flexibility index (Phi) is 34.9. The Labute approximate surface area is 759 Å². The van der Waals surface area contributed by atoms with Crippen molar-refractivity contribution in [2.24, 2.45) is 11.5 Å². The summed E-state index contributed by atoms with van der Waals surface area (Å²) < 4.78 is 6.93. The van der Waals surface area contributed by atoms with Gasteiger partial charge in [-0.05, 0) is 80.8 Å². The zero-order valence-electron chi connectivity index (χ0n) is 74.6. The molecule has 11 rings (SSSR count). The second kappa shape index (κ2) is 45.8. The molecule has 4 bridgehead atoms. The molecule has 0 spiro atoms. The van der Waals surface area contributed by atoms with Crippen LogP contribution in [0.2, 0.25) is 0 Å². The number of imidazole rings is 1. The van der Waals surface area contributed by atoms with Crippen molar-refractivity contribution in [3.63, 3.8) is 0 Å². The fraction of sp³-hybridized carbons (Fsp3) is 0.529. The van der Waals surface area contributed by atoms with Crippen molar-refractivity contribution in [1.29, 1.82) is 0 Å². The maximum absolute atomic E-state index is 16.5. The molecule has 15 atom stereocenters. The first-order chi connectivity index (χ1) is 62.5. The molecular weight excluding hydrogens is 1720 g/mol. The van der Waals surface area contributed by atoms with E-state index in [2.05, 4.69) is 67.8 Å². The number of carbonyl (C=O) groups is 17. The summed E-state index contributed by atoms with van der Waals surface area (Å²) in [6, 6.07) is -7.91. The molecule has 18 N–H and O–H groups in total. The maximum atomic E-state index is 16.5. The van der Waals surface area contributed by atoms with Crippen LogP contribution in [0.25, 0.3) is 21.8 Å². The summed E-state index contributed by atoms with van der Waals surface area (Å²) in [5.41, 5.74) is 13.3. The molecule has 4 aromatic heterocycles. The number of nitrogens with zero attached hydrogens (tertiary/aromatic N) is 9. The number of hydrogen-bond acceptors (Lipinski definition) is 24. The van der Waals surface area contributed by atoms with Crippen molar-refractivity contribution in [2.45, 2.75) is 228 Å². The monoisotopic (exact) mass is 1840 g/mol. The number of aromatic amines is 2. The third-order valence-corrected chi connectivity index (χ3v) is 25.0. The highest BCUT2D eigenvalue weighted by Crippen LogP contribution is 2.32. The number of ether oxygens (including phenoxy) is 1. The lowest BCUT2D eigenvalue weighted by Gasteiger charge is -2.40. The first kappa shape index (κ1) is 99.9. The number of phenolic OH excluding ortho intramolecular Hbond substituents is 1. The van der Waals surface area contributed by atoms with Crippen LogP contribution in [-0.2, 0) is 107 Å². The molecule has 3 fully saturated rings. The van der Waals surface area contributed by atoms with Gasteiger partial charge < -0.3 is 114 Å². The number of para-hydroxylation sites is 1. The first-order valence-corrected chi connectivity index (χ1v) is 44.9. The van der Waals surface area contributed by atoms with Gasteiger partial charge in [0.2, 0.25) is 100 Å². The molecule has 3 saturated heterocycles. The Bertz CT molecular complexity index is 5190. The number of pyridine rings is 1. The van der Waals surface area contributed by atoms with E-state index in [1.807, 2.05) is 13.8 Å². The molecule has 708 valence electrons. The van der Waals surface area contributed by atoms with E-state index >= 15 is 28.8 Å². The van der Waals surface area contributed by atoms with E-state index in [0.717, 1.165) is 36.4 Å². The number of nitrogens with two attached hydrogens (primary N) is 2. The number of rotatable bonds is 21. The van der Waals surface area contributed by atoms with Crippen molar-refractivity contribution in [1.82, 2.24) is 97.0 Å². The van der Waals surface area contributed by atoms with Gasteiger partial charge in [-0.25, -0.2) is 15.0 Å². The molecule has 17 amide bonds. The molecule has 2 aromatic carbocycles. The van der Waals surface area contributed by atoms with Gasteiger partial charge in [-0.2, -0.15) is 0 Å². The number of fused-ring (bicyclic) bond motifs is 37. The minimum absolute atomic E-state index is 0.00613. The first-order valence-electron chi connectivity index (χ1n) is 43.7. The van der Waals surface area contributed by atoms with Crippen molar-refractivity contribution >= 4 is 134 Å². The van der Waals surface area contributed by atoms with Gasteiger partial charge in [0.15, 0.2) is 0 Å². The molecule has 6 aromatic rings. The van der Waals surface area contributed by atoms with E-state index < -0.39 is 229 Å². The quantitative estimate of drug-likeness (QED) is 0.0316. The number of amides is 17. The van der Waals surface area contributed by atoms with Gasteiger partial charge in [0.05, 0.1) is 62.1 Å². The number of thioether (sulfide) groups is 1. The summed E-state index contributed by atoms with van der Waals surface area (Å²) in [6.45, 7) is 5.61. The van der Waals surface area contributed by atoms with Gasteiger partial charge in [-0.1, -0.05) is 83.2 Å². The zero-order chi connectivity index (χ0) is 95.4. The van der Waals surface area contributed by atoms with Gasteiger partial charge in [0.25, 0.3) is 5.91 Å². The molecule has 5 aliphatic rings. The van der Waals surface area contributed by atoms with Gasteiger partial charge in [0, 0.05) is 113 Å². The lowest BCUT2D eigenvalue weighted by molar-refractivity contribution is -0.149. The van der Waals surface area contributed by atoms with Crippen LogP contribution in [0.4, 0.5) is 0 Å². The van der Waals surface area contributed by atoms with Crippen LogP contribution in [0.5, 0.6) is 11.6 Å². The average Bonchev–Trinajstić information content (AvgIpc) is 1.64. The topological polar surface area (TPSA) is 602 Å². The van der Waals surface area contributed by atoms with Crippen molar-refractivity contribution in [3.8, 4) is 11.6 Å². The van der Waals surface area contributed by atoms with Crippen LogP contribution < -0.4 is 69.1 Å². The average molecular weight is 1840 g/mol. The maximum Gasteiger partial charge on any atom is 0.267 e. The lowest BCUT2D eigenvalue weighted by Crippen LogP contribution is -2.65. The largest absolute Gasteiger partial charge is 0.508 e. The number of aromatic nitrogens is 5. The molecule has 0 aliphatic carbocycles. The summed E-state index contributed by atoms with van der Waals surface area (Å²) in [5.74, 6) is -16.7. The molecule has 0 saturated carbocycles. The van der Waals surface area contributed by atoms with Crippen LogP contribution in [0.15, 0.2) is 85.7 Å². The number of nitrogens with one attached hydrogen (secondary N) is 11. The molecule has 43 nitrogen and oxygen atoms in total. The van der Waals surface area contributed by atoms with Crippen LogP contribution in [0.3, 0.4) is 0 Å². The summed E-state index contributed by atoms with van der Waals surface area (Å²) in [4.78, 5) is 270. The van der Waals surface area contributed by atoms with Crippen molar-refractivity contribution < 1.29 is 102 Å². The Hall–Kier alpha value is -13.3. The molecule has 131 heavy (non-hydrogen) atoms. The van der Waals surface area contributed by atoms with Gasteiger partial charge >= 0.3 is 0 Å². The number of primary amides is 2. The van der Waals surface area contributed by atoms with E-state index in [-0.39, 0.29) is 94.3 Å². The number of aliphatic hydroxyl groups excluding tert-OH is 2. The fourth-order valence-corrected chi connectivity index (χ4v) is 17.5. The number of benzene rings is 2. The number of unbranched alkanes of at least 4 members (excludes halogenated alkanes) is 2. The smallest absolute Gasteiger partial charge is 0.267 e. The van der Waals surface area contributed by atoms with Crippen molar-refractivity contribution in [3.05, 3.63) is 108 Å². The van der Waals surface area contributed by atoms with Gasteiger partial charge in [0.1, 0.15) is 90.3 Å². The third kappa shape index (κ3) is 24.8. The number of carbonyl (C=O) groups excluding carboxylic acids is 17. The number of aromatic hydroxyl groups is 1. The van der Waals surface area contributed by atoms with E-state index in [4.69, 9.17) is 16.2 Å². The van der Waals surface area contributed by atoms with Crippen LogP contribution in [-0.4, -0.2) is 322 Å². The van der Waals surface area contributed by atoms with Crippen molar-refractivity contribution in [2.75, 3.05) is 71.0 Å². The number of aliphatic hydroxyl groups is 2. The lowest BCUT2D eigenvalue weighted by atomic mass is 9.99. The highest BCUT2D eigenvalue weighted by atomic mass is 32.2. The summed E-state index contributed by atoms with van der Waals surface area (Å²) >= 11 is 0.779. The Morgan fingerprint density at radius 3 is 1.95 bits per heavy atom. The predicted molar refractivity (Wildman–Crippen MR) is 475 cm³/mol. The van der Waals surface area contributed by atoms with Crippen LogP contribution in [0.1, 0.15) is 134 Å². The predicted octanol–water partition coefficient (Wildman–Crippen LogP) is -3.18. The fourth-order valence-electron chi connectivity index (χ4n) is 16.6. The summed E-state index contributed by atoms with van der Waals surface area (Å²) in [7, 11) is 5.35. The van der Waals surface area contributed by atoms with E-state index in [9.17, 15) is 68.1 Å². The Morgan fingerprint density at radius 2 is 1.28 bits per heavy atom. The Morgan fingerprint density at radius 1 is 0.618 bits per heavy atom. The molecule has 0 radical (unpaired) electrons. The zero-order valence-corrected chi connectivity index (χ0v) is 75.4. The Balaban J connectivity index is 1.04. The van der Waals surface area contributed by atoms with E-state index in [0.29, 0.717) is 64.4 Å². The third-order valence-electron chi connectivity index (χ3n) is 24.0. The number of methoxy groups -OCH3 is 1. The summed E-state index contributed by atoms with van der Waals surface area (Å²) in [6.07, 6.45) is 5.47. The summed E-state index contributed by atoms with van der Waals surface area (Å²) in [5, 5.41) is 58.6. The van der Waals surface area contributed by atoms with Gasteiger partial charge in [-0.3, -0.25) is 86.2 Å². The second-order valence-electron chi connectivity index (χ2n) is 33.3. The van der Waals surface area contributed by atoms with E-state index in [1.54, 1.807) is 43.5 Å².